The van der Waals surface area contributed by atoms with E-state index in [1.165, 1.54) is 0 Å². The van der Waals surface area contributed by atoms with Gasteiger partial charge in [0.25, 0.3) is 0 Å². The molecule has 0 aliphatic heterocycles. The van der Waals surface area contributed by atoms with Gasteiger partial charge in [0, 0.05) is 26.3 Å². The summed E-state index contributed by atoms with van der Waals surface area (Å²) in [5.74, 6) is 0.724. The van der Waals surface area contributed by atoms with Crippen molar-refractivity contribution in [1.82, 2.24) is 20.2 Å². The largest absolute Gasteiger partial charge is 0.399 e. The molecule has 0 unspecified atom stereocenters. The van der Waals surface area contributed by atoms with Gasteiger partial charge in [-0.25, -0.2) is 4.68 Å². The summed E-state index contributed by atoms with van der Waals surface area (Å²) in [7, 11) is 3.75. The van der Waals surface area contributed by atoms with Crippen molar-refractivity contribution < 1.29 is 0 Å². The lowest BCUT2D eigenvalue weighted by Gasteiger charge is -2.16. The van der Waals surface area contributed by atoms with E-state index in [2.05, 4.69) is 15.5 Å². The Morgan fingerprint density at radius 3 is 2.88 bits per heavy atom. The second-order valence-electron chi connectivity index (χ2n) is 3.70. The maximum absolute atomic E-state index is 5.72. The summed E-state index contributed by atoms with van der Waals surface area (Å²) in [6.45, 7) is 0.721. The number of aromatic nitrogens is 4. The standard InChI is InChI=1S/C10H14N6/c1-15(10-12-13-14-16(10)2)7-8-4-3-5-9(11)6-8/h3-6H,7,11H2,1-2H3. The van der Waals surface area contributed by atoms with Gasteiger partial charge in [-0.1, -0.05) is 17.2 Å². The maximum atomic E-state index is 5.72. The zero-order valence-electron chi connectivity index (χ0n) is 9.33. The van der Waals surface area contributed by atoms with E-state index in [1.54, 1.807) is 4.68 Å². The van der Waals surface area contributed by atoms with Crippen LogP contribution in [0.2, 0.25) is 0 Å². The monoisotopic (exact) mass is 218 g/mol. The number of hydrogen-bond donors (Lipinski definition) is 1. The highest BCUT2D eigenvalue weighted by molar-refractivity contribution is 5.42. The Kier molecular flexibility index (Phi) is 2.72. The zero-order chi connectivity index (χ0) is 11.5. The van der Waals surface area contributed by atoms with Crippen LogP contribution in [0, 0.1) is 0 Å². The first-order valence-corrected chi connectivity index (χ1v) is 4.95. The van der Waals surface area contributed by atoms with Crippen molar-refractivity contribution in [3.8, 4) is 0 Å². The Balaban J connectivity index is 2.14. The van der Waals surface area contributed by atoms with Crippen LogP contribution in [-0.2, 0) is 13.6 Å². The zero-order valence-corrected chi connectivity index (χ0v) is 9.33. The van der Waals surface area contributed by atoms with Crippen LogP contribution in [0.3, 0.4) is 0 Å². The normalized spacial score (nSPS) is 10.4. The second kappa shape index (κ2) is 4.18. The number of nitrogen functional groups attached to an aromatic ring is 1. The molecule has 2 aromatic rings. The van der Waals surface area contributed by atoms with Crippen molar-refractivity contribution in [2.45, 2.75) is 6.54 Å². The number of nitrogens with two attached hydrogens (primary N) is 1. The highest BCUT2D eigenvalue weighted by Gasteiger charge is 2.08. The van der Waals surface area contributed by atoms with Crippen LogP contribution in [0.1, 0.15) is 5.56 Å². The number of rotatable bonds is 3. The molecule has 0 aliphatic carbocycles. The van der Waals surface area contributed by atoms with Gasteiger partial charge in [-0.15, -0.1) is 0 Å². The summed E-state index contributed by atoms with van der Waals surface area (Å²) in [5, 5.41) is 11.3. The minimum Gasteiger partial charge on any atom is -0.399 e. The predicted octanol–water partition coefficient (Wildman–Crippen LogP) is 0.429. The molecule has 0 radical (unpaired) electrons. The highest BCUT2D eigenvalue weighted by atomic mass is 15.6. The van der Waals surface area contributed by atoms with E-state index in [-0.39, 0.29) is 0 Å². The SMILES string of the molecule is CN(Cc1cccc(N)c1)c1nnnn1C. The number of benzene rings is 1. The molecule has 84 valence electrons. The number of anilines is 2. The van der Waals surface area contributed by atoms with Crippen LogP contribution in [0.5, 0.6) is 0 Å². The van der Waals surface area contributed by atoms with E-state index in [0.717, 1.165) is 23.7 Å². The van der Waals surface area contributed by atoms with Crippen LogP contribution >= 0.6 is 0 Å². The molecule has 0 aliphatic rings. The molecule has 6 heteroatoms. The molecule has 0 amide bonds. The number of hydrogen-bond acceptors (Lipinski definition) is 5. The first-order valence-electron chi connectivity index (χ1n) is 4.95. The van der Waals surface area contributed by atoms with Crippen molar-refractivity contribution in [3.63, 3.8) is 0 Å². The molecule has 1 aromatic carbocycles. The summed E-state index contributed by atoms with van der Waals surface area (Å²) < 4.78 is 1.63. The van der Waals surface area contributed by atoms with Crippen molar-refractivity contribution in [2.75, 3.05) is 17.7 Å². The van der Waals surface area contributed by atoms with E-state index >= 15 is 0 Å². The van der Waals surface area contributed by atoms with Gasteiger partial charge >= 0.3 is 0 Å². The lowest BCUT2D eigenvalue weighted by atomic mass is 10.2. The van der Waals surface area contributed by atoms with Gasteiger partial charge in [-0.05, 0) is 28.1 Å². The van der Waals surface area contributed by atoms with Crippen LogP contribution in [0.4, 0.5) is 11.6 Å². The minimum absolute atomic E-state index is 0.721. The van der Waals surface area contributed by atoms with Gasteiger partial charge < -0.3 is 10.6 Å². The minimum atomic E-state index is 0.721. The molecule has 16 heavy (non-hydrogen) atoms. The van der Waals surface area contributed by atoms with E-state index in [9.17, 15) is 0 Å². The third kappa shape index (κ3) is 2.10. The molecular formula is C10H14N6. The summed E-state index contributed by atoms with van der Waals surface area (Å²) in [4.78, 5) is 1.97. The summed E-state index contributed by atoms with van der Waals surface area (Å²) in [6, 6.07) is 7.78. The molecular weight excluding hydrogens is 204 g/mol. The average Bonchev–Trinajstić information content (AvgIpc) is 2.64. The smallest absolute Gasteiger partial charge is 0.245 e. The molecule has 6 nitrogen and oxygen atoms in total. The van der Waals surface area contributed by atoms with Crippen LogP contribution < -0.4 is 10.6 Å². The predicted molar refractivity (Wildman–Crippen MR) is 61.8 cm³/mol. The summed E-state index contributed by atoms with van der Waals surface area (Å²) >= 11 is 0. The molecule has 0 spiro atoms. The molecule has 2 rings (SSSR count). The van der Waals surface area contributed by atoms with Gasteiger partial charge in [0.2, 0.25) is 5.95 Å². The fraction of sp³-hybridized carbons (Fsp3) is 0.300. The average molecular weight is 218 g/mol. The maximum Gasteiger partial charge on any atom is 0.245 e. The Bertz CT molecular complexity index is 478. The lowest BCUT2D eigenvalue weighted by Crippen LogP contribution is -2.20. The first kappa shape index (κ1) is 10.4. The van der Waals surface area contributed by atoms with Crippen molar-refractivity contribution in [1.29, 1.82) is 0 Å². The lowest BCUT2D eigenvalue weighted by molar-refractivity contribution is 0.696. The quantitative estimate of drug-likeness (QED) is 0.756. The fourth-order valence-corrected chi connectivity index (χ4v) is 1.58. The van der Waals surface area contributed by atoms with E-state index in [1.807, 2.05) is 43.3 Å². The van der Waals surface area contributed by atoms with E-state index in [0.29, 0.717) is 0 Å². The van der Waals surface area contributed by atoms with Crippen LogP contribution in [-0.4, -0.2) is 27.3 Å². The van der Waals surface area contributed by atoms with Crippen LogP contribution in [0.15, 0.2) is 24.3 Å². The van der Waals surface area contributed by atoms with Crippen molar-refractivity contribution in [2.24, 2.45) is 7.05 Å². The molecule has 2 N–H and O–H groups in total. The summed E-state index contributed by atoms with van der Waals surface area (Å²) in [5.41, 5.74) is 7.61. The Morgan fingerprint density at radius 2 is 2.25 bits per heavy atom. The Hall–Kier alpha value is -2.11. The fourth-order valence-electron chi connectivity index (χ4n) is 1.58. The van der Waals surface area contributed by atoms with E-state index < -0.39 is 0 Å². The highest BCUT2D eigenvalue weighted by Crippen LogP contribution is 2.12. The summed E-state index contributed by atoms with van der Waals surface area (Å²) in [6.07, 6.45) is 0. The van der Waals surface area contributed by atoms with Gasteiger partial charge in [0.05, 0.1) is 0 Å². The van der Waals surface area contributed by atoms with Gasteiger partial charge in [-0.2, -0.15) is 0 Å². The number of aryl methyl sites for hydroxylation is 1. The molecule has 0 atom stereocenters. The van der Waals surface area contributed by atoms with Crippen LogP contribution in [0.25, 0.3) is 0 Å². The number of nitrogens with zero attached hydrogens (tertiary/aromatic N) is 5. The third-order valence-corrected chi connectivity index (χ3v) is 2.31. The van der Waals surface area contributed by atoms with Gasteiger partial charge in [0.1, 0.15) is 0 Å². The molecule has 0 saturated carbocycles. The molecule has 0 bridgehead atoms. The Labute approximate surface area is 93.7 Å². The van der Waals surface area contributed by atoms with Crippen molar-refractivity contribution >= 4 is 11.6 Å². The van der Waals surface area contributed by atoms with E-state index in [4.69, 9.17) is 5.73 Å². The molecule has 1 heterocycles. The number of tetrazole rings is 1. The Morgan fingerprint density at radius 1 is 1.44 bits per heavy atom. The third-order valence-electron chi connectivity index (χ3n) is 2.31. The van der Waals surface area contributed by atoms with Gasteiger partial charge in [-0.3, -0.25) is 0 Å². The first-order chi connectivity index (χ1) is 7.66. The molecule has 0 fully saturated rings. The molecule has 0 saturated heterocycles. The van der Waals surface area contributed by atoms with Gasteiger partial charge in [0.15, 0.2) is 0 Å². The van der Waals surface area contributed by atoms with Crippen molar-refractivity contribution in [3.05, 3.63) is 29.8 Å². The molecule has 1 aromatic heterocycles. The second-order valence-corrected chi connectivity index (χ2v) is 3.70. The topological polar surface area (TPSA) is 72.9 Å².